The third-order valence-corrected chi connectivity index (χ3v) is 23.1. The van der Waals surface area contributed by atoms with Gasteiger partial charge in [0, 0.05) is 13.8 Å². The van der Waals surface area contributed by atoms with Crippen LogP contribution in [0, 0.1) is 79.8 Å². The normalized spacial score (nSPS) is 45.6. The summed E-state index contributed by atoms with van der Waals surface area (Å²) in [7, 11) is 0. The van der Waals surface area contributed by atoms with Gasteiger partial charge in [0.05, 0.1) is 36.4 Å². The Morgan fingerprint density at radius 3 is 1.16 bits per heavy atom. The molecule has 8 rings (SSSR count). The van der Waals surface area contributed by atoms with Gasteiger partial charge in [-0.1, -0.05) is 78.7 Å². The molecule has 0 aromatic rings. The van der Waals surface area contributed by atoms with E-state index in [-0.39, 0.29) is 111 Å². The minimum Gasteiger partial charge on any atom is -0.545 e. The zero-order valence-corrected chi connectivity index (χ0v) is 51.3. The molecule has 0 heterocycles. The maximum Gasteiger partial charge on any atom is 2.00 e. The number of aliphatic hydroxyl groups excluding tert-OH is 4. The number of carbonyl (C=O) groups excluding carboxylic acids is 4. The van der Waals surface area contributed by atoms with E-state index in [2.05, 4.69) is 55.4 Å². The molecule has 0 aromatic heterocycles. The van der Waals surface area contributed by atoms with Crippen molar-refractivity contribution in [1.29, 1.82) is 0 Å². The van der Waals surface area contributed by atoms with Crippen molar-refractivity contribution < 1.29 is 78.8 Å². The van der Waals surface area contributed by atoms with Crippen molar-refractivity contribution in [2.45, 2.75) is 236 Å². The molecular weight excluding hydrogens is 1000 g/mol. The topological polar surface area (TPSA) is 214 Å². The number of carboxylic acid groups (broad SMARTS) is 2. The molecule has 8 fully saturated rings. The minimum absolute atomic E-state index is 0. The molecule has 0 aromatic carbocycles. The van der Waals surface area contributed by atoms with Crippen LogP contribution in [0.1, 0.15) is 200 Å². The first-order valence-electron chi connectivity index (χ1n) is 28.6. The molecule has 75 heavy (non-hydrogen) atoms. The van der Waals surface area contributed by atoms with Gasteiger partial charge in [-0.3, -0.25) is 9.59 Å². The Kier molecular flexibility index (Phi) is 18.4. The van der Waals surface area contributed by atoms with Gasteiger partial charge in [0.25, 0.3) is 0 Å². The van der Waals surface area contributed by atoms with Crippen molar-refractivity contribution >= 4 is 23.9 Å². The molecule has 0 spiro atoms. The van der Waals surface area contributed by atoms with Crippen molar-refractivity contribution in [3.8, 4) is 0 Å². The zero-order valence-electron chi connectivity index (χ0n) is 48.3. The molecule has 0 bridgehead atoms. The fourth-order valence-corrected chi connectivity index (χ4v) is 19.6. The van der Waals surface area contributed by atoms with Crippen LogP contribution < -0.4 is 10.2 Å². The summed E-state index contributed by atoms with van der Waals surface area (Å²) >= 11 is 0. The maximum absolute atomic E-state index is 12.5. The molecule has 8 aliphatic rings. The third kappa shape index (κ3) is 10.4. The molecular formula is C62H94O12Zn. The second-order valence-corrected chi connectivity index (χ2v) is 27.3. The monoisotopic (exact) mass is 1090 g/mol. The summed E-state index contributed by atoms with van der Waals surface area (Å²) in [6.07, 6.45) is 11.8. The summed E-state index contributed by atoms with van der Waals surface area (Å²) in [5.41, 5.74) is 2.63. The number of carbonyl (C=O) groups is 4. The van der Waals surface area contributed by atoms with E-state index in [9.17, 15) is 49.8 Å². The van der Waals surface area contributed by atoms with Gasteiger partial charge in [-0.25, -0.2) is 0 Å². The van der Waals surface area contributed by atoms with Crippen molar-refractivity contribution in [2.75, 3.05) is 0 Å². The third-order valence-electron chi connectivity index (χ3n) is 23.1. The van der Waals surface area contributed by atoms with Crippen LogP contribution in [0.3, 0.4) is 0 Å². The second kappa shape index (κ2) is 22.4. The number of carboxylic acids is 2. The van der Waals surface area contributed by atoms with Crippen LogP contribution in [-0.2, 0) is 48.1 Å². The Morgan fingerprint density at radius 2 is 0.867 bits per heavy atom. The maximum atomic E-state index is 12.5. The van der Waals surface area contributed by atoms with Crippen molar-refractivity contribution in [3.05, 3.63) is 45.6 Å². The molecule has 13 heteroatoms. The fraction of sp³-hybridized carbons (Fsp3) is 0.806. The number of aliphatic carboxylic acids is 2. The van der Waals surface area contributed by atoms with Crippen LogP contribution in [0.5, 0.6) is 0 Å². The number of aliphatic hydroxyl groups is 4. The number of hydrogen-bond donors (Lipinski definition) is 4. The summed E-state index contributed by atoms with van der Waals surface area (Å²) in [6.45, 7) is 28.7. The predicted molar refractivity (Wildman–Crippen MR) is 280 cm³/mol. The van der Waals surface area contributed by atoms with Gasteiger partial charge in [-0.05, 0) is 233 Å². The smallest absolute Gasteiger partial charge is 0.545 e. The van der Waals surface area contributed by atoms with Gasteiger partial charge < -0.3 is 49.7 Å². The number of ether oxygens (including phenoxy) is 2. The van der Waals surface area contributed by atoms with Gasteiger partial charge in [0.15, 0.2) is 0 Å². The molecule has 0 radical (unpaired) electrons. The van der Waals surface area contributed by atoms with Crippen LogP contribution in [0.4, 0.5) is 0 Å². The summed E-state index contributed by atoms with van der Waals surface area (Å²) in [6, 6.07) is 0. The molecule has 20 atom stereocenters. The fourth-order valence-electron chi connectivity index (χ4n) is 19.6. The zero-order chi connectivity index (χ0) is 55.0. The second-order valence-electron chi connectivity index (χ2n) is 27.3. The summed E-state index contributed by atoms with van der Waals surface area (Å²) in [4.78, 5) is 49.4. The first kappa shape index (κ1) is 61.5. The van der Waals surface area contributed by atoms with Crippen molar-refractivity contribution in [3.63, 3.8) is 0 Å². The largest absolute Gasteiger partial charge is 2.00 e. The van der Waals surface area contributed by atoms with E-state index < -0.39 is 48.3 Å². The number of hydrogen-bond acceptors (Lipinski definition) is 12. The summed E-state index contributed by atoms with van der Waals surface area (Å²) in [5.74, 6) is -2.51. The van der Waals surface area contributed by atoms with E-state index in [1.54, 1.807) is 0 Å². The van der Waals surface area contributed by atoms with E-state index >= 15 is 0 Å². The Labute approximate surface area is 462 Å². The summed E-state index contributed by atoms with van der Waals surface area (Å²) < 4.78 is 11.7. The molecule has 8 saturated carbocycles. The quantitative estimate of drug-likeness (QED) is 0.0700. The molecule has 0 saturated heterocycles. The molecule has 8 aliphatic carbocycles. The van der Waals surface area contributed by atoms with Crippen molar-refractivity contribution in [2.24, 2.45) is 79.8 Å². The Balaban J connectivity index is 0.000000241. The van der Waals surface area contributed by atoms with Gasteiger partial charge in [0.1, 0.15) is 12.2 Å². The van der Waals surface area contributed by atoms with E-state index in [0.29, 0.717) is 74.3 Å². The van der Waals surface area contributed by atoms with E-state index in [4.69, 9.17) is 9.47 Å². The van der Waals surface area contributed by atoms with Crippen LogP contribution in [0.15, 0.2) is 45.6 Å². The Hall–Kier alpha value is -2.70. The number of fused-ring (bicyclic) bond motifs is 10. The van der Waals surface area contributed by atoms with Gasteiger partial charge in [-0.2, -0.15) is 0 Å². The van der Waals surface area contributed by atoms with E-state index in [1.165, 1.54) is 13.8 Å². The van der Waals surface area contributed by atoms with Gasteiger partial charge >= 0.3 is 31.4 Å². The predicted octanol–water partition coefficient (Wildman–Crippen LogP) is 8.66. The molecule has 4 N–H and O–H groups in total. The van der Waals surface area contributed by atoms with Crippen LogP contribution in [0.25, 0.3) is 0 Å². The first-order chi connectivity index (χ1) is 34.3. The van der Waals surface area contributed by atoms with Crippen LogP contribution in [-0.4, -0.2) is 80.9 Å². The first-order valence-corrected chi connectivity index (χ1v) is 28.6. The van der Waals surface area contributed by atoms with Gasteiger partial charge in [-0.15, -0.1) is 0 Å². The number of allylic oxidation sites excluding steroid dienone is 4. The molecule has 0 aliphatic heterocycles. The number of rotatable bonds is 10. The van der Waals surface area contributed by atoms with Gasteiger partial charge in [0.2, 0.25) is 0 Å². The Bertz CT molecular complexity index is 2150. The molecule has 12 nitrogen and oxygen atoms in total. The van der Waals surface area contributed by atoms with Crippen molar-refractivity contribution in [1.82, 2.24) is 0 Å². The van der Waals surface area contributed by atoms with Crippen LogP contribution >= 0.6 is 0 Å². The molecule has 4 unspecified atom stereocenters. The van der Waals surface area contributed by atoms with E-state index in [0.717, 1.165) is 62.5 Å². The minimum atomic E-state index is -1.20. The van der Waals surface area contributed by atoms with E-state index in [1.807, 2.05) is 39.8 Å². The average molecular weight is 1100 g/mol. The average Bonchev–Trinajstić information content (AvgIpc) is 3.72. The SMILES string of the molecule is CC(=O)O[C@H]1C[C@@]2(C)[C@H](C[C@@H](O)C3[C@@]4(C)CC[C@@H](O)[C@@H](C)C4CC[C@@]32C)C1=C(CCC=C(C)C)C(=O)[O-].CC(=O)O[C@H]1C[C@@]2(C)[C@H](C[C@@H](O)C3[C@@]4(C)CC[C@@H](O)[C@@H](C)C4CC[C@@]32C)C1=C(CCC=C(C)C)C(=O)[O-].[Zn+2]. The Morgan fingerprint density at radius 1 is 0.533 bits per heavy atom. The van der Waals surface area contributed by atoms with Crippen LogP contribution in [0.2, 0.25) is 0 Å². The summed E-state index contributed by atoms with van der Waals surface area (Å²) in [5, 5.41) is 70.1. The standard InChI is InChI=1S/2C31H48O6.Zn/c2*1-17(2)9-8-10-20(28(35)36)26-22-15-24(34)27-29(5)13-12-23(33)18(3)21(29)11-14-30(27,6)31(22,7)16-25(26)37-19(4)32;/h2*9,18,21-25,27,33-34H,8,10-16H2,1-7H3,(H,35,36);/q;;+2/p-2/t2*18-,21?,22+,23+,24+,25-,27?,29-,30-,31-;/m00./s1. The number of esters is 2. The molecule has 0 amide bonds. The molecule has 416 valence electrons.